The molecule has 1 amide bonds. The van der Waals surface area contributed by atoms with E-state index in [0.717, 1.165) is 40.6 Å². The molecule has 4 rings (SSSR count). The van der Waals surface area contributed by atoms with Gasteiger partial charge in [0.1, 0.15) is 5.82 Å². The van der Waals surface area contributed by atoms with Crippen LogP contribution in [0.2, 0.25) is 0 Å². The molecule has 1 aromatic heterocycles. The van der Waals surface area contributed by atoms with Crippen molar-refractivity contribution in [3.8, 4) is 0 Å². The largest absolute Gasteiger partial charge is 0.327 e. The van der Waals surface area contributed by atoms with Crippen LogP contribution in [0.4, 0.5) is 0 Å². The molecule has 0 radical (unpaired) electrons. The fourth-order valence-corrected chi connectivity index (χ4v) is 4.99. The molecule has 1 aliphatic rings. The van der Waals surface area contributed by atoms with Gasteiger partial charge in [0.2, 0.25) is 0 Å². The molecule has 0 spiro atoms. The molecule has 1 unspecified atom stereocenters. The average molecular weight is 538 g/mol. The van der Waals surface area contributed by atoms with Crippen molar-refractivity contribution >= 4 is 21.8 Å². The van der Waals surface area contributed by atoms with E-state index in [1.165, 1.54) is 0 Å². The van der Waals surface area contributed by atoms with Crippen molar-refractivity contribution in [2.24, 2.45) is 0 Å². The number of nitrogens with zero attached hydrogens (tertiary/aromatic N) is 4. The van der Waals surface area contributed by atoms with Gasteiger partial charge in [-0.2, -0.15) is 0 Å². The summed E-state index contributed by atoms with van der Waals surface area (Å²) in [5.74, 6) is 0.637. The molecule has 6 nitrogen and oxygen atoms in total. The molecule has 0 saturated heterocycles. The fourth-order valence-electron chi connectivity index (χ4n) is 4.73. The molecule has 1 aliphatic carbocycles. The standard InChI is InChI=1S/C28H33BrN4O2/c1-4-25(32(18-17-31(2)3)27(34)21-13-15-22(29)16-14-21)26-30-24-12-8-11-23(24)28(35)33(26)19-20-9-6-5-7-10-20/h5-7,9-10,13-16,25H,4,8,11-12,17-19H2,1-3H3. The second-order valence-electron chi connectivity index (χ2n) is 9.36. The van der Waals surface area contributed by atoms with Crippen LogP contribution in [0, 0.1) is 0 Å². The van der Waals surface area contributed by atoms with Crippen LogP contribution < -0.4 is 5.56 Å². The molecule has 0 saturated carbocycles. The maximum absolute atomic E-state index is 13.8. The predicted octanol–water partition coefficient (Wildman–Crippen LogP) is 4.70. The molecular weight excluding hydrogens is 504 g/mol. The molecule has 0 aliphatic heterocycles. The number of hydrogen-bond acceptors (Lipinski definition) is 4. The lowest BCUT2D eigenvalue weighted by Crippen LogP contribution is -2.42. The predicted molar refractivity (Wildman–Crippen MR) is 143 cm³/mol. The van der Waals surface area contributed by atoms with Crippen LogP contribution in [0.1, 0.15) is 58.8 Å². The highest BCUT2D eigenvalue weighted by atomic mass is 79.9. The number of aryl methyl sites for hydroxylation is 1. The summed E-state index contributed by atoms with van der Waals surface area (Å²) in [4.78, 5) is 36.5. The minimum Gasteiger partial charge on any atom is -0.327 e. The zero-order chi connectivity index (χ0) is 24.9. The van der Waals surface area contributed by atoms with E-state index >= 15 is 0 Å². The van der Waals surface area contributed by atoms with E-state index in [0.29, 0.717) is 37.4 Å². The highest BCUT2D eigenvalue weighted by Crippen LogP contribution is 2.28. The second kappa shape index (κ2) is 11.3. The Morgan fingerprint density at radius 1 is 1.06 bits per heavy atom. The van der Waals surface area contributed by atoms with Crippen molar-refractivity contribution in [1.29, 1.82) is 0 Å². The topological polar surface area (TPSA) is 58.4 Å². The quantitative estimate of drug-likeness (QED) is 0.397. The average Bonchev–Trinajstić information content (AvgIpc) is 3.33. The van der Waals surface area contributed by atoms with Crippen molar-refractivity contribution < 1.29 is 4.79 Å². The Morgan fingerprint density at radius 3 is 2.43 bits per heavy atom. The van der Waals surface area contributed by atoms with Gasteiger partial charge in [0.25, 0.3) is 11.5 Å². The number of halogens is 1. The smallest absolute Gasteiger partial charge is 0.257 e. The van der Waals surface area contributed by atoms with Crippen LogP contribution >= 0.6 is 15.9 Å². The summed E-state index contributed by atoms with van der Waals surface area (Å²) in [6, 6.07) is 17.1. The van der Waals surface area contributed by atoms with Gasteiger partial charge in [0, 0.05) is 28.7 Å². The van der Waals surface area contributed by atoms with Crippen molar-refractivity contribution in [3.63, 3.8) is 0 Å². The molecule has 0 N–H and O–H groups in total. The zero-order valence-electron chi connectivity index (χ0n) is 20.7. The Hall–Kier alpha value is -2.77. The maximum atomic E-state index is 13.8. The van der Waals surface area contributed by atoms with E-state index in [1.54, 1.807) is 0 Å². The molecule has 35 heavy (non-hydrogen) atoms. The van der Waals surface area contributed by atoms with E-state index in [-0.39, 0.29) is 17.5 Å². The summed E-state index contributed by atoms with van der Waals surface area (Å²) >= 11 is 3.46. The van der Waals surface area contributed by atoms with E-state index in [1.807, 2.05) is 78.2 Å². The first-order valence-electron chi connectivity index (χ1n) is 12.3. The Bertz CT molecular complexity index is 1220. The molecule has 0 bridgehead atoms. The highest BCUT2D eigenvalue weighted by Gasteiger charge is 2.31. The van der Waals surface area contributed by atoms with Crippen molar-refractivity contribution in [2.45, 2.75) is 45.2 Å². The lowest BCUT2D eigenvalue weighted by molar-refractivity contribution is 0.0641. The Balaban J connectivity index is 1.81. The first kappa shape index (κ1) is 25.3. The molecular formula is C28H33BrN4O2. The van der Waals surface area contributed by atoms with Crippen LogP contribution in [0.3, 0.4) is 0 Å². The monoisotopic (exact) mass is 536 g/mol. The summed E-state index contributed by atoms with van der Waals surface area (Å²) in [5.41, 5.74) is 3.44. The van der Waals surface area contributed by atoms with Gasteiger partial charge in [0.15, 0.2) is 0 Å². The molecule has 1 atom stereocenters. The molecule has 184 valence electrons. The summed E-state index contributed by atoms with van der Waals surface area (Å²) in [6.45, 7) is 3.76. The Kier molecular flexibility index (Phi) is 8.19. The number of benzene rings is 2. The summed E-state index contributed by atoms with van der Waals surface area (Å²) in [6.07, 6.45) is 3.20. The van der Waals surface area contributed by atoms with Crippen LogP contribution in [-0.2, 0) is 19.4 Å². The van der Waals surface area contributed by atoms with Gasteiger partial charge in [-0.05, 0) is 69.6 Å². The third-order valence-electron chi connectivity index (χ3n) is 6.60. The molecule has 7 heteroatoms. The van der Waals surface area contributed by atoms with E-state index in [9.17, 15) is 9.59 Å². The number of aromatic nitrogens is 2. The lowest BCUT2D eigenvalue weighted by atomic mass is 10.1. The first-order valence-corrected chi connectivity index (χ1v) is 13.1. The summed E-state index contributed by atoms with van der Waals surface area (Å²) in [7, 11) is 4.00. The number of carbonyl (C=O) groups is 1. The third-order valence-corrected chi connectivity index (χ3v) is 7.13. The normalized spacial score (nSPS) is 13.6. The van der Waals surface area contributed by atoms with Gasteiger partial charge in [-0.3, -0.25) is 14.2 Å². The highest BCUT2D eigenvalue weighted by molar-refractivity contribution is 9.10. The Morgan fingerprint density at radius 2 is 1.77 bits per heavy atom. The number of likely N-dealkylation sites (N-methyl/N-ethyl adjacent to an activating group) is 1. The molecule has 0 fully saturated rings. The van der Waals surface area contributed by atoms with Gasteiger partial charge in [-0.15, -0.1) is 0 Å². The Labute approximate surface area is 215 Å². The second-order valence-corrected chi connectivity index (χ2v) is 10.3. The lowest BCUT2D eigenvalue weighted by Gasteiger charge is -2.33. The van der Waals surface area contributed by atoms with Gasteiger partial charge < -0.3 is 9.80 Å². The first-order chi connectivity index (χ1) is 16.9. The van der Waals surface area contributed by atoms with Crippen LogP contribution in [-0.4, -0.2) is 52.4 Å². The number of hydrogen-bond donors (Lipinski definition) is 0. The third kappa shape index (κ3) is 5.73. The van der Waals surface area contributed by atoms with Gasteiger partial charge in [-0.1, -0.05) is 53.2 Å². The summed E-state index contributed by atoms with van der Waals surface area (Å²) in [5, 5.41) is 0. The molecule has 1 heterocycles. The zero-order valence-corrected chi connectivity index (χ0v) is 22.3. The number of amides is 1. The SMILES string of the molecule is CCC(c1nc2c(c(=O)n1Cc1ccccc1)CCC2)N(CCN(C)C)C(=O)c1ccc(Br)cc1. The van der Waals surface area contributed by atoms with Crippen LogP contribution in [0.15, 0.2) is 63.9 Å². The fraction of sp³-hybridized carbons (Fsp3) is 0.393. The van der Waals surface area contributed by atoms with Crippen molar-refractivity contribution in [2.75, 3.05) is 27.2 Å². The minimum absolute atomic E-state index is 0.0356. The number of rotatable bonds is 9. The van der Waals surface area contributed by atoms with Gasteiger partial charge in [0.05, 0.1) is 18.3 Å². The van der Waals surface area contributed by atoms with Gasteiger partial charge in [-0.25, -0.2) is 4.98 Å². The number of fused-ring (bicyclic) bond motifs is 1. The van der Waals surface area contributed by atoms with E-state index < -0.39 is 0 Å². The maximum Gasteiger partial charge on any atom is 0.257 e. The van der Waals surface area contributed by atoms with E-state index in [2.05, 4.69) is 27.8 Å². The number of carbonyl (C=O) groups excluding carboxylic acids is 1. The minimum atomic E-state index is -0.312. The molecule has 2 aromatic carbocycles. The van der Waals surface area contributed by atoms with Gasteiger partial charge >= 0.3 is 0 Å². The van der Waals surface area contributed by atoms with E-state index in [4.69, 9.17) is 4.98 Å². The van der Waals surface area contributed by atoms with Crippen LogP contribution in [0.5, 0.6) is 0 Å². The summed E-state index contributed by atoms with van der Waals surface area (Å²) < 4.78 is 2.74. The van der Waals surface area contributed by atoms with Crippen molar-refractivity contribution in [1.82, 2.24) is 19.4 Å². The molecule has 3 aromatic rings. The van der Waals surface area contributed by atoms with Crippen LogP contribution in [0.25, 0.3) is 0 Å². The van der Waals surface area contributed by atoms with Crippen molar-refractivity contribution in [3.05, 3.63) is 97.6 Å².